The van der Waals surface area contributed by atoms with Crippen LogP contribution in [-0.2, 0) is 13.5 Å². The molecule has 15 heavy (non-hydrogen) atoms. The predicted molar refractivity (Wildman–Crippen MR) is 64.9 cm³/mol. The van der Waals surface area contributed by atoms with Crippen LogP contribution >= 0.6 is 0 Å². The van der Waals surface area contributed by atoms with Gasteiger partial charge >= 0.3 is 0 Å². The van der Waals surface area contributed by atoms with Crippen molar-refractivity contribution in [2.75, 3.05) is 0 Å². The van der Waals surface area contributed by atoms with Crippen molar-refractivity contribution in [3.8, 4) is 0 Å². The van der Waals surface area contributed by atoms with E-state index < -0.39 is 0 Å². The van der Waals surface area contributed by atoms with Gasteiger partial charge in [0.15, 0.2) is 0 Å². The average Bonchev–Trinajstić information content (AvgIpc) is 2.54. The zero-order chi connectivity index (χ0) is 10.8. The van der Waals surface area contributed by atoms with Gasteiger partial charge in [0.2, 0.25) is 0 Å². The normalized spacial score (nSPS) is 13.3. The summed E-state index contributed by atoms with van der Waals surface area (Å²) in [6.45, 7) is 2.06. The van der Waals surface area contributed by atoms with Gasteiger partial charge in [-0.15, -0.1) is 0 Å². The summed E-state index contributed by atoms with van der Waals surface area (Å²) in [5, 5.41) is 1.32. The van der Waals surface area contributed by atoms with E-state index >= 15 is 0 Å². The number of para-hydroxylation sites is 1. The molecule has 1 heterocycles. The van der Waals surface area contributed by atoms with Gasteiger partial charge < -0.3 is 10.3 Å². The van der Waals surface area contributed by atoms with Crippen LogP contribution in [0, 0.1) is 0 Å². The molecule has 0 saturated heterocycles. The Morgan fingerprint density at radius 2 is 2.07 bits per heavy atom. The fraction of sp³-hybridized carbons (Fsp3) is 0.385. The molecule has 0 aliphatic carbocycles. The van der Waals surface area contributed by atoms with Crippen molar-refractivity contribution in [1.82, 2.24) is 4.57 Å². The first-order valence-corrected chi connectivity index (χ1v) is 5.47. The van der Waals surface area contributed by atoms with Gasteiger partial charge in [0.25, 0.3) is 0 Å². The number of fused-ring (bicyclic) bond motifs is 1. The molecule has 2 N–H and O–H groups in total. The minimum atomic E-state index is 0.281. The van der Waals surface area contributed by atoms with Gasteiger partial charge in [0.1, 0.15) is 0 Å². The number of hydrogen-bond donors (Lipinski definition) is 1. The maximum absolute atomic E-state index is 5.78. The van der Waals surface area contributed by atoms with Crippen LogP contribution in [0.15, 0.2) is 30.3 Å². The lowest BCUT2D eigenvalue weighted by Crippen LogP contribution is -2.16. The minimum absolute atomic E-state index is 0.281. The van der Waals surface area contributed by atoms with Gasteiger partial charge in [0.05, 0.1) is 0 Å². The molecule has 80 valence electrons. The molecule has 0 fully saturated rings. The number of nitrogens with zero attached hydrogens (tertiary/aromatic N) is 1. The van der Waals surface area contributed by atoms with Crippen LogP contribution < -0.4 is 5.73 Å². The Kier molecular flexibility index (Phi) is 2.78. The lowest BCUT2D eigenvalue weighted by Gasteiger charge is -2.06. The van der Waals surface area contributed by atoms with Crippen LogP contribution in [0.1, 0.15) is 19.0 Å². The summed E-state index contributed by atoms with van der Waals surface area (Å²) in [4.78, 5) is 0. The van der Waals surface area contributed by atoms with Crippen molar-refractivity contribution in [3.05, 3.63) is 36.0 Å². The lowest BCUT2D eigenvalue weighted by molar-refractivity contribution is 0.646. The van der Waals surface area contributed by atoms with Gasteiger partial charge in [-0.05, 0) is 37.3 Å². The van der Waals surface area contributed by atoms with E-state index in [1.54, 1.807) is 0 Å². The van der Waals surface area contributed by atoms with Gasteiger partial charge in [-0.25, -0.2) is 0 Å². The summed E-state index contributed by atoms with van der Waals surface area (Å²) in [7, 11) is 2.12. The zero-order valence-corrected chi connectivity index (χ0v) is 9.40. The fourth-order valence-electron chi connectivity index (χ4n) is 1.96. The summed E-state index contributed by atoms with van der Waals surface area (Å²) < 4.78 is 2.26. The van der Waals surface area contributed by atoms with E-state index in [0.717, 1.165) is 12.8 Å². The molecule has 2 aromatic rings. The van der Waals surface area contributed by atoms with E-state index in [2.05, 4.69) is 48.9 Å². The Morgan fingerprint density at radius 3 is 2.73 bits per heavy atom. The van der Waals surface area contributed by atoms with Crippen molar-refractivity contribution in [1.29, 1.82) is 0 Å². The lowest BCUT2D eigenvalue weighted by atomic mass is 10.1. The molecular weight excluding hydrogens is 184 g/mol. The molecule has 1 aromatic carbocycles. The summed E-state index contributed by atoms with van der Waals surface area (Å²) in [5.74, 6) is 0. The number of benzene rings is 1. The molecule has 2 heteroatoms. The van der Waals surface area contributed by atoms with Crippen molar-refractivity contribution in [2.24, 2.45) is 12.8 Å². The second-order valence-corrected chi connectivity index (χ2v) is 4.27. The second kappa shape index (κ2) is 4.07. The van der Waals surface area contributed by atoms with E-state index in [9.17, 15) is 0 Å². The van der Waals surface area contributed by atoms with Crippen LogP contribution in [0.2, 0.25) is 0 Å². The summed E-state index contributed by atoms with van der Waals surface area (Å²) >= 11 is 0. The Balaban J connectivity index is 2.32. The van der Waals surface area contributed by atoms with Crippen molar-refractivity contribution in [2.45, 2.75) is 25.8 Å². The quantitative estimate of drug-likeness (QED) is 0.814. The molecule has 0 saturated carbocycles. The monoisotopic (exact) mass is 202 g/mol. The molecule has 0 aliphatic rings. The van der Waals surface area contributed by atoms with E-state index in [-0.39, 0.29) is 6.04 Å². The van der Waals surface area contributed by atoms with Crippen LogP contribution in [0.5, 0.6) is 0 Å². The highest BCUT2D eigenvalue weighted by atomic mass is 14.9. The third-order valence-electron chi connectivity index (χ3n) is 2.91. The molecule has 0 radical (unpaired) electrons. The highest BCUT2D eigenvalue weighted by Crippen LogP contribution is 2.19. The third-order valence-corrected chi connectivity index (χ3v) is 2.91. The van der Waals surface area contributed by atoms with Crippen molar-refractivity contribution in [3.63, 3.8) is 0 Å². The summed E-state index contributed by atoms with van der Waals surface area (Å²) in [6, 6.07) is 11.0. The molecule has 2 rings (SSSR count). The molecule has 1 atom stereocenters. The van der Waals surface area contributed by atoms with Gasteiger partial charge in [-0.1, -0.05) is 18.2 Å². The molecule has 0 bridgehead atoms. The topological polar surface area (TPSA) is 30.9 Å². The first-order chi connectivity index (χ1) is 7.18. The maximum atomic E-state index is 5.78. The second-order valence-electron chi connectivity index (χ2n) is 4.27. The zero-order valence-electron chi connectivity index (χ0n) is 9.40. The molecule has 1 unspecified atom stereocenters. The van der Waals surface area contributed by atoms with E-state index in [1.165, 1.54) is 16.6 Å². The van der Waals surface area contributed by atoms with Crippen LogP contribution in [-0.4, -0.2) is 10.6 Å². The molecule has 0 amide bonds. The fourth-order valence-corrected chi connectivity index (χ4v) is 1.96. The summed E-state index contributed by atoms with van der Waals surface area (Å²) in [5.41, 5.74) is 8.45. The molecule has 2 nitrogen and oxygen atoms in total. The number of nitrogens with two attached hydrogens (primary N) is 1. The van der Waals surface area contributed by atoms with E-state index in [1.807, 2.05) is 0 Å². The average molecular weight is 202 g/mol. The summed E-state index contributed by atoms with van der Waals surface area (Å²) in [6.07, 6.45) is 2.10. The third kappa shape index (κ3) is 2.05. The molecule has 0 aliphatic heterocycles. The highest BCUT2D eigenvalue weighted by Gasteiger charge is 2.05. The number of aryl methyl sites for hydroxylation is 2. The van der Waals surface area contributed by atoms with Gasteiger partial charge in [-0.2, -0.15) is 0 Å². The molecule has 0 spiro atoms. The van der Waals surface area contributed by atoms with Crippen molar-refractivity contribution >= 4 is 10.9 Å². The van der Waals surface area contributed by atoms with Crippen LogP contribution in [0.25, 0.3) is 10.9 Å². The predicted octanol–water partition coefficient (Wildman–Crippen LogP) is 2.46. The van der Waals surface area contributed by atoms with Gasteiger partial charge in [-0.3, -0.25) is 0 Å². The Bertz CT molecular complexity index is 455. The van der Waals surface area contributed by atoms with Crippen molar-refractivity contribution < 1.29 is 0 Å². The number of rotatable bonds is 3. The smallest absolute Gasteiger partial charge is 0.0479 e. The maximum Gasteiger partial charge on any atom is 0.0479 e. The largest absolute Gasteiger partial charge is 0.348 e. The van der Waals surface area contributed by atoms with Crippen LogP contribution in [0.4, 0.5) is 0 Å². The first-order valence-electron chi connectivity index (χ1n) is 5.47. The van der Waals surface area contributed by atoms with Crippen LogP contribution in [0.3, 0.4) is 0 Å². The van der Waals surface area contributed by atoms with E-state index in [0.29, 0.717) is 0 Å². The van der Waals surface area contributed by atoms with Gasteiger partial charge in [0, 0.05) is 24.3 Å². The standard InChI is InChI=1S/C13H18N2/c1-10(14)7-8-12-9-11-5-3-4-6-13(11)15(12)2/h3-6,9-10H,7-8,14H2,1-2H3. The Hall–Kier alpha value is -1.28. The SMILES string of the molecule is CC(N)CCc1cc2ccccc2n1C. The van der Waals surface area contributed by atoms with E-state index in [4.69, 9.17) is 5.73 Å². The Labute approximate surface area is 90.7 Å². The minimum Gasteiger partial charge on any atom is -0.348 e. The number of hydrogen-bond acceptors (Lipinski definition) is 1. The Morgan fingerprint density at radius 1 is 1.33 bits per heavy atom. The number of aromatic nitrogens is 1. The molecule has 1 aromatic heterocycles. The highest BCUT2D eigenvalue weighted by molar-refractivity contribution is 5.81. The molecular formula is C13H18N2. The first kappa shape index (κ1) is 10.2.